The van der Waals surface area contributed by atoms with Crippen molar-refractivity contribution < 1.29 is 5.11 Å². The number of hydrogen-bond acceptors (Lipinski definition) is 2. The Labute approximate surface area is 107 Å². The number of benzene rings is 2. The standard InChI is InChI=1S/C15H18OS/c1-17-10-9-14(16)11-13-7-4-6-12-5-2-3-8-15(12)13/h2-8,14,16H,9-11H2,1H3. The summed E-state index contributed by atoms with van der Waals surface area (Å²) in [6.07, 6.45) is 3.46. The summed E-state index contributed by atoms with van der Waals surface area (Å²) in [5, 5.41) is 12.5. The first-order chi connectivity index (χ1) is 8.31. The predicted molar refractivity (Wildman–Crippen MR) is 76.7 cm³/mol. The van der Waals surface area contributed by atoms with Crippen LogP contribution in [-0.4, -0.2) is 23.2 Å². The van der Waals surface area contributed by atoms with Crippen LogP contribution in [0.25, 0.3) is 10.8 Å². The van der Waals surface area contributed by atoms with Gasteiger partial charge in [0, 0.05) is 0 Å². The van der Waals surface area contributed by atoms with E-state index in [1.165, 1.54) is 16.3 Å². The molecule has 0 heterocycles. The highest BCUT2D eigenvalue weighted by molar-refractivity contribution is 7.98. The van der Waals surface area contributed by atoms with Crippen LogP contribution in [0.5, 0.6) is 0 Å². The molecule has 0 aliphatic rings. The van der Waals surface area contributed by atoms with Gasteiger partial charge in [-0.05, 0) is 41.2 Å². The third kappa shape index (κ3) is 3.24. The quantitative estimate of drug-likeness (QED) is 0.871. The molecular formula is C15H18OS. The van der Waals surface area contributed by atoms with Crippen LogP contribution in [0.4, 0.5) is 0 Å². The van der Waals surface area contributed by atoms with Crippen LogP contribution in [0.15, 0.2) is 42.5 Å². The average Bonchev–Trinajstić information content (AvgIpc) is 2.37. The lowest BCUT2D eigenvalue weighted by atomic mass is 9.99. The van der Waals surface area contributed by atoms with Gasteiger partial charge in [0.1, 0.15) is 0 Å². The number of thioether (sulfide) groups is 1. The molecule has 0 radical (unpaired) electrons. The second-order valence-electron chi connectivity index (χ2n) is 4.28. The highest BCUT2D eigenvalue weighted by atomic mass is 32.2. The lowest BCUT2D eigenvalue weighted by Crippen LogP contribution is -2.11. The molecule has 0 saturated carbocycles. The van der Waals surface area contributed by atoms with E-state index in [9.17, 15) is 5.11 Å². The molecule has 0 fully saturated rings. The van der Waals surface area contributed by atoms with E-state index >= 15 is 0 Å². The fourth-order valence-corrected chi connectivity index (χ4v) is 2.59. The van der Waals surface area contributed by atoms with Gasteiger partial charge < -0.3 is 5.11 Å². The first kappa shape index (κ1) is 12.5. The second-order valence-corrected chi connectivity index (χ2v) is 5.26. The topological polar surface area (TPSA) is 20.2 Å². The summed E-state index contributed by atoms with van der Waals surface area (Å²) < 4.78 is 0. The van der Waals surface area contributed by atoms with Crippen molar-refractivity contribution in [1.29, 1.82) is 0 Å². The molecule has 1 N–H and O–H groups in total. The molecule has 2 aromatic rings. The van der Waals surface area contributed by atoms with Crippen LogP contribution >= 0.6 is 11.8 Å². The van der Waals surface area contributed by atoms with E-state index < -0.39 is 0 Å². The van der Waals surface area contributed by atoms with Gasteiger partial charge in [0.15, 0.2) is 0 Å². The van der Waals surface area contributed by atoms with Crippen LogP contribution in [0.2, 0.25) is 0 Å². The molecule has 0 aliphatic carbocycles. The molecule has 0 amide bonds. The maximum absolute atomic E-state index is 9.98. The second kappa shape index (κ2) is 6.08. The van der Waals surface area contributed by atoms with Crippen molar-refractivity contribution in [3.8, 4) is 0 Å². The van der Waals surface area contributed by atoms with Crippen molar-refractivity contribution in [3.63, 3.8) is 0 Å². The van der Waals surface area contributed by atoms with Crippen molar-refractivity contribution in [2.45, 2.75) is 18.9 Å². The summed E-state index contributed by atoms with van der Waals surface area (Å²) in [5.74, 6) is 1.02. The zero-order valence-electron chi connectivity index (χ0n) is 10.1. The number of rotatable bonds is 5. The van der Waals surface area contributed by atoms with Crippen molar-refractivity contribution in [2.24, 2.45) is 0 Å². The smallest absolute Gasteiger partial charge is 0.0588 e. The Morgan fingerprint density at radius 1 is 1.12 bits per heavy atom. The van der Waals surface area contributed by atoms with E-state index in [4.69, 9.17) is 0 Å². The van der Waals surface area contributed by atoms with Crippen molar-refractivity contribution in [1.82, 2.24) is 0 Å². The highest BCUT2D eigenvalue weighted by Crippen LogP contribution is 2.20. The Morgan fingerprint density at radius 3 is 2.71 bits per heavy atom. The van der Waals surface area contributed by atoms with E-state index in [2.05, 4.69) is 48.7 Å². The van der Waals surface area contributed by atoms with Crippen LogP contribution in [0.3, 0.4) is 0 Å². The van der Waals surface area contributed by atoms with Gasteiger partial charge in [0.05, 0.1) is 6.10 Å². The van der Waals surface area contributed by atoms with E-state index in [1.54, 1.807) is 11.8 Å². The summed E-state index contributed by atoms with van der Waals surface area (Å²) >= 11 is 1.78. The zero-order chi connectivity index (χ0) is 12.1. The zero-order valence-corrected chi connectivity index (χ0v) is 10.9. The molecule has 17 heavy (non-hydrogen) atoms. The fourth-order valence-electron chi connectivity index (χ4n) is 2.08. The Morgan fingerprint density at radius 2 is 1.88 bits per heavy atom. The van der Waals surface area contributed by atoms with E-state index in [-0.39, 0.29) is 6.10 Å². The average molecular weight is 246 g/mol. The Bertz CT molecular complexity index is 476. The van der Waals surface area contributed by atoms with Crippen LogP contribution < -0.4 is 0 Å². The fraction of sp³-hybridized carbons (Fsp3) is 0.333. The molecule has 0 saturated heterocycles. The molecule has 0 spiro atoms. The predicted octanol–water partition coefficient (Wildman–Crippen LogP) is 3.50. The van der Waals surface area contributed by atoms with Gasteiger partial charge in [-0.2, -0.15) is 11.8 Å². The molecule has 1 atom stereocenters. The van der Waals surface area contributed by atoms with Gasteiger partial charge in [-0.25, -0.2) is 0 Å². The van der Waals surface area contributed by atoms with E-state index in [0.29, 0.717) is 0 Å². The molecule has 0 aliphatic heterocycles. The summed E-state index contributed by atoms with van der Waals surface area (Å²) in [7, 11) is 0. The number of aliphatic hydroxyl groups is 1. The first-order valence-electron chi connectivity index (χ1n) is 5.95. The van der Waals surface area contributed by atoms with Crippen LogP contribution in [-0.2, 0) is 6.42 Å². The van der Waals surface area contributed by atoms with Crippen molar-refractivity contribution >= 4 is 22.5 Å². The molecule has 2 aromatic carbocycles. The van der Waals surface area contributed by atoms with Crippen molar-refractivity contribution in [3.05, 3.63) is 48.0 Å². The number of aliphatic hydroxyl groups excluding tert-OH is 1. The third-order valence-corrected chi connectivity index (χ3v) is 3.63. The maximum Gasteiger partial charge on any atom is 0.0588 e. The van der Waals surface area contributed by atoms with Gasteiger partial charge >= 0.3 is 0 Å². The molecular weight excluding hydrogens is 228 g/mol. The summed E-state index contributed by atoms with van der Waals surface area (Å²) in [4.78, 5) is 0. The molecule has 1 unspecified atom stereocenters. The van der Waals surface area contributed by atoms with Gasteiger partial charge in [0.25, 0.3) is 0 Å². The maximum atomic E-state index is 9.98. The highest BCUT2D eigenvalue weighted by Gasteiger charge is 2.07. The monoisotopic (exact) mass is 246 g/mol. The minimum atomic E-state index is -0.228. The van der Waals surface area contributed by atoms with Crippen molar-refractivity contribution in [2.75, 3.05) is 12.0 Å². The van der Waals surface area contributed by atoms with Gasteiger partial charge in [-0.1, -0.05) is 42.5 Å². The van der Waals surface area contributed by atoms with Gasteiger partial charge in [-0.3, -0.25) is 0 Å². The van der Waals surface area contributed by atoms with Crippen LogP contribution in [0, 0.1) is 0 Å². The van der Waals surface area contributed by atoms with Gasteiger partial charge in [0.2, 0.25) is 0 Å². The molecule has 2 heteroatoms. The lowest BCUT2D eigenvalue weighted by Gasteiger charge is -2.12. The Balaban J connectivity index is 2.18. The lowest BCUT2D eigenvalue weighted by molar-refractivity contribution is 0.172. The van der Waals surface area contributed by atoms with Crippen LogP contribution in [0.1, 0.15) is 12.0 Å². The first-order valence-corrected chi connectivity index (χ1v) is 7.34. The molecule has 0 aromatic heterocycles. The largest absolute Gasteiger partial charge is 0.393 e. The minimum absolute atomic E-state index is 0.228. The molecule has 1 nitrogen and oxygen atoms in total. The van der Waals surface area contributed by atoms with E-state index in [0.717, 1.165) is 18.6 Å². The molecule has 90 valence electrons. The van der Waals surface area contributed by atoms with E-state index in [1.807, 2.05) is 0 Å². The normalized spacial score (nSPS) is 12.8. The number of hydrogen-bond donors (Lipinski definition) is 1. The SMILES string of the molecule is CSCCC(O)Cc1cccc2ccccc12. The number of fused-ring (bicyclic) bond motifs is 1. The third-order valence-electron chi connectivity index (χ3n) is 2.99. The summed E-state index contributed by atoms with van der Waals surface area (Å²) in [6, 6.07) is 14.7. The molecule has 0 bridgehead atoms. The molecule has 2 rings (SSSR count). The summed E-state index contributed by atoms with van der Waals surface area (Å²) in [5.41, 5.74) is 1.25. The minimum Gasteiger partial charge on any atom is -0.393 e. The Kier molecular flexibility index (Phi) is 4.46. The summed E-state index contributed by atoms with van der Waals surface area (Å²) in [6.45, 7) is 0. The van der Waals surface area contributed by atoms with Gasteiger partial charge in [-0.15, -0.1) is 0 Å². The Hall–Kier alpha value is -0.990.